The van der Waals surface area contributed by atoms with Crippen molar-refractivity contribution in [3.63, 3.8) is 0 Å². The van der Waals surface area contributed by atoms with Crippen LogP contribution in [0.3, 0.4) is 0 Å². The predicted octanol–water partition coefficient (Wildman–Crippen LogP) is 10.9. The summed E-state index contributed by atoms with van der Waals surface area (Å²) in [6.07, 6.45) is 7.37. The minimum absolute atomic E-state index is 0. The number of hydrogen-bond donors (Lipinski definition) is 0. The molecule has 5 heterocycles. The smallest absolute Gasteiger partial charge is 0.872 e. The van der Waals surface area contributed by atoms with Crippen molar-refractivity contribution in [2.45, 2.75) is 85.6 Å². The third-order valence-electron chi connectivity index (χ3n) is 8.61. The Morgan fingerprint density at radius 1 is 0.440 bits per heavy atom. The Morgan fingerprint density at radius 3 is 0.733 bits per heavy atom. The van der Waals surface area contributed by atoms with Crippen LogP contribution in [0.25, 0.3) is 0 Å². The summed E-state index contributed by atoms with van der Waals surface area (Å²) in [5.41, 5.74) is 4.40. The molecule has 2 aromatic carbocycles. The molecule has 30 heteroatoms. The number of benzene rings is 2. The molecule has 408 valence electrons. The first kappa shape index (κ1) is 72.9. The van der Waals surface area contributed by atoms with Crippen LogP contribution in [0.5, 0.6) is 23.0 Å². The molecule has 0 unspecified atom stereocenters. The van der Waals surface area contributed by atoms with Gasteiger partial charge in [0, 0.05) is 63.1 Å². The Bertz CT molecular complexity index is 2140. The van der Waals surface area contributed by atoms with Crippen LogP contribution < -0.4 is 20.4 Å². The van der Waals surface area contributed by atoms with Gasteiger partial charge >= 0.3 is 34.1 Å². The van der Waals surface area contributed by atoms with E-state index in [4.69, 9.17) is 123 Å². The molecule has 4 aromatic heterocycles. The predicted molar refractivity (Wildman–Crippen MR) is 273 cm³/mol. The van der Waals surface area contributed by atoms with Gasteiger partial charge < -0.3 is 51.1 Å². The topological polar surface area (TPSA) is 308 Å². The number of pyridine rings is 4. The quantitative estimate of drug-likeness (QED) is 0.0234. The second-order valence-corrected chi connectivity index (χ2v) is 18.1. The molecule has 1 fully saturated rings. The van der Waals surface area contributed by atoms with Crippen LogP contribution in [-0.2, 0) is 70.1 Å². The van der Waals surface area contributed by atoms with Gasteiger partial charge in [-0.1, -0.05) is 140 Å². The van der Waals surface area contributed by atoms with Gasteiger partial charge in [-0.3, -0.25) is 29.7 Å². The van der Waals surface area contributed by atoms with Crippen molar-refractivity contribution in [3.05, 3.63) is 191 Å². The van der Waals surface area contributed by atoms with Gasteiger partial charge in [-0.2, -0.15) is 9.78 Å². The minimum Gasteiger partial charge on any atom is -0.872 e. The molecular weight excluding hydrogens is 1240 g/mol. The van der Waals surface area contributed by atoms with E-state index in [0.717, 1.165) is 49.0 Å². The van der Waals surface area contributed by atoms with Crippen molar-refractivity contribution in [3.8, 4) is 23.0 Å². The van der Waals surface area contributed by atoms with Gasteiger partial charge in [-0.25, -0.2) is 0 Å². The Morgan fingerprint density at radius 2 is 0.613 bits per heavy atom. The molecule has 0 amide bonds. The van der Waals surface area contributed by atoms with Crippen molar-refractivity contribution in [2.24, 2.45) is 0 Å². The molecule has 1 saturated heterocycles. The molecule has 0 saturated carbocycles. The monoisotopic (exact) mass is 1280 g/mol. The van der Waals surface area contributed by atoms with E-state index in [2.05, 4.69) is 91.5 Å². The van der Waals surface area contributed by atoms with Crippen LogP contribution in [-0.4, -0.2) is 57.8 Å². The Balaban J connectivity index is 0. The van der Waals surface area contributed by atoms with Gasteiger partial charge in [-0.05, 0) is 90.1 Å². The zero-order chi connectivity index (χ0) is 55.6. The Hall–Kier alpha value is -4.16. The molecule has 75 heavy (non-hydrogen) atoms. The number of halogens is 8. The zero-order valence-electron chi connectivity index (χ0n) is 39.9. The van der Waals surface area contributed by atoms with E-state index in [1.165, 1.54) is 0 Å². The van der Waals surface area contributed by atoms with Gasteiger partial charge in [0.2, 0.25) is 5.79 Å². The molecule has 1 aliphatic rings. The van der Waals surface area contributed by atoms with Crippen LogP contribution in [0, 0.1) is 30.6 Å². The Labute approximate surface area is 493 Å². The van der Waals surface area contributed by atoms with Crippen molar-refractivity contribution < 1.29 is 74.5 Å². The Kier molecular flexibility index (Phi) is 36.5. The number of hydrogen-bond acceptors (Lipinski definition) is 18. The summed E-state index contributed by atoms with van der Waals surface area (Å²) in [5, 5.41) is 70.7. The van der Waals surface area contributed by atoms with Gasteiger partial charge in [0.25, 0.3) is 0 Å². The van der Waals surface area contributed by atoms with Crippen molar-refractivity contribution >= 4 is 92.8 Å². The first-order chi connectivity index (χ1) is 34.1. The fourth-order valence-corrected chi connectivity index (χ4v) is 6.54. The average Bonchev–Trinajstić information content (AvgIpc) is 4.07. The fraction of sp³-hybridized carbons (Fsp3) is 0.289. The van der Waals surface area contributed by atoms with Crippen molar-refractivity contribution in [1.82, 2.24) is 29.7 Å². The molecule has 7 rings (SSSR count). The molecule has 2 radical (unpaired) electrons. The molecule has 6 aromatic rings. The SMILES string of the molecule is CC(C)N(Cc1ccccn1)Cc1ccccn1.CC(C)N(Cc1ccccn1)Cc1ccccn1.CC1(C)OO1.O=[N+]([O-])[O-].O=[N+]([O-])[O-].[Fe+3].[Fe+3].[O-]c1c([O-])c(Cl)c(Cl)c(Cl)c1Cl.[O-]c1c([O-])c(Cl)c(Cl)c(Cl)c1Cl. The van der Waals surface area contributed by atoms with Gasteiger partial charge in [-0.15, -0.1) is 0 Å². The molecule has 0 aliphatic carbocycles. The largest absolute Gasteiger partial charge is 3.00 e. The molecule has 0 bridgehead atoms. The van der Waals surface area contributed by atoms with E-state index in [1.54, 1.807) is 0 Å². The van der Waals surface area contributed by atoms with Crippen LogP contribution in [0.2, 0.25) is 40.2 Å². The number of aromatic nitrogens is 4. The van der Waals surface area contributed by atoms with Gasteiger partial charge in [0.1, 0.15) is 0 Å². The first-order valence-electron chi connectivity index (χ1n) is 20.6. The first-order valence-corrected chi connectivity index (χ1v) is 23.6. The van der Waals surface area contributed by atoms with Crippen LogP contribution in [0.4, 0.5) is 0 Å². The zero-order valence-corrected chi connectivity index (χ0v) is 48.2. The maximum atomic E-state index is 10.9. The van der Waals surface area contributed by atoms with E-state index in [0.29, 0.717) is 12.1 Å². The maximum Gasteiger partial charge on any atom is 3.00 e. The molecule has 1 aliphatic heterocycles. The average molecular weight is 1280 g/mol. The van der Waals surface area contributed by atoms with E-state index >= 15 is 0 Å². The second kappa shape index (κ2) is 37.6. The van der Waals surface area contributed by atoms with E-state index in [1.807, 2.05) is 87.2 Å². The summed E-state index contributed by atoms with van der Waals surface area (Å²) in [5.74, 6) is -3.99. The minimum atomic E-state index is -1.75. The third kappa shape index (κ3) is 29.2. The standard InChI is InChI=1S/2C15H19N3.2C6H2Cl4O2.C3H6O2.2Fe.2NO3/c2*1-13(2)18(11-14-7-3-5-9-16-14)12-15-8-4-6-10-17-15;2*7-1-2(8)4(10)6(12)5(11)3(1)9;1-3(2)4-5-3;;;2*2-1(3)4/h2*3-10,13H,11-12H2,1-2H3;2*11-12H;1-2H3;;;;/q;;;;;2*+3;2*-1/p-4. The summed E-state index contributed by atoms with van der Waals surface area (Å²) < 4.78 is 0. The van der Waals surface area contributed by atoms with Crippen LogP contribution >= 0.6 is 92.8 Å². The van der Waals surface area contributed by atoms with E-state index in [-0.39, 0.29) is 60.0 Å². The summed E-state index contributed by atoms with van der Waals surface area (Å²) in [6.45, 7) is 15.9. The van der Waals surface area contributed by atoms with Crippen LogP contribution in [0.15, 0.2) is 97.6 Å². The van der Waals surface area contributed by atoms with Gasteiger partial charge in [0.15, 0.2) is 0 Å². The normalized spacial score (nSPS) is 11.3. The fourth-order valence-electron chi connectivity index (χ4n) is 4.91. The molecule has 20 nitrogen and oxygen atoms in total. The molecule has 0 atom stereocenters. The summed E-state index contributed by atoms with van der Waals surface area (Å²) >= 11 is 43.4. The summed E-state index contributed by atoms with van der Waals surface area (Å²) in [6, 6.07) is 25.1. The number of nitrogens with zero attached hydrogens (tertiary/aromatic N) is 8. The second-order valence-electron chi connectivity index (χ2n) is 15.1. The molecule has 0 N–H and O–H groups in total. The summed E-state index contributed by atoms with van der Waals surface area (Å²) in [4.78, 5) is 47.5. The van der Waals surface area contributed by atoms with Crippen molar-refractivity contribution in [2.75, 3.05) is 0 Å². The van der Waals surface area contributed by atoms with E-state index < -0.39 is 53.3 Å². The van der Waals surface area contributed by atoms with E-state index in [9.17, 15) is 20.4 Å². The third-order valence-corrected chi connectivity index (χ3v) is 12.1. The van der Waals surface area contributed by atoms with Crippen molar-refractivity contribution in [1.29, 1.82) is 0 Å². The van der Waals surface area contributed by atoms with Gasteiger partial charge in [0.05, 0.1) is 73.1 Å². The number of rotatable bonds is 10. The van der Waals surface area contributed by atoms with Crippen LogP contribution in [0.1, 0.15) is 64.3 Å². The maximum absolute atomic E-state index is 10.9. The summed E-state index contributed by atoms with van der Waals surface area (Å²) in [7, 11) is 0. The molecular formula is C45H44Cl8Fe2N8O12. The molecule has 0 spiro atoms.